The summed E-state index contributed by atoms with van der Waals surface area (Å²) >= 11 is 3.40. The number of benzene rings is 1. The van der Waals surface area contributed by atoms with Crippen LogP contribution in [0.4, 0.5) is 0 Å². The summed E-state index contributed by atoms with van der Waals surface area (Å²) in [6.07, 6.45) is 2.02. The van der Waals surface area contributed by atoms with Gasteiger partial charge in [0, 0.05) is 36.6 Å². The minimum absolute atomic E-state index is 0.137. The molecular weight excluding hydrogens is 412 g/mol. The Morgan fingerprint density at radius 3 is 2.52 bits per heavy atom. The number of rotatable bonds is 5. The fourth-order valence-electron chi connectivity index (χ4n) is 3.16. The van der Waals surface area contributed by atoms with Gasteiger partial charge in [-0.1, -0.05) is 22.0 Å². The van der Waals surface area contributed by atoms with E-state index in [1.54, 1.807) is 17.0 Å². The molecule has 0 atom stereocenters. The van der Waals surface area contributed by atoms with E-state index in [4.69, 9.17) is 9.15 Å². The zero-order valence-corrected chi connectivity index (χ0v) is 16.5. The predicted octanol–water partition coefficient (Wildman–Crippen LogP) is 3.32. The molecule has 1 saturated heterocycles. The molecule has 2 aliphatic rings. The number of amides is 2. The Labute approximate surface area is 166 Å². The van der Waals surface area contributed by atoms with E-state index in [0.717, 1.165) is 23.1 Å². The van der Waals surface area contributed by atoms with Crippen LogP contribution < -0.4 is 4.74 Å². The van der Waals surface area contributed by atoms with E-state index in [0.29, 0.717) is 37.7 Å². The lowest BCUT2D eigenvalue weighted by Crippen LogP contribution is -2.51. The average Bonchev–Trinajstić information content (AvgIpc) is 3.43. The molecule has 6 nitrogen and oxygen atoms in total. The third-order valence-corrected chi connectivity index (χ3v) is 5.35. The molecule has 4 rings (SSSR count). The molecule has 0 radical (unpaired) electrons. The first-order valence-electron chi connectivity index (χ1n) is 9.15. The summed E-state index contributed by atoms with van der Waals surface area (Å²) in [6.45, 7) is 2.54. The summed E-state index contributed by atoms with van der Waals surface area (Å²) in [5.74, 6) is 1.97. The first-order chi connectivity index (χ1) is 13.1. The molecule has 1 aliphatic carbocycles. The summed E-state index contributed by atoms with van der Waals surface area (Å²) in [5.41, 5.74) is 0. The van der Waals surface area contributed by atoms with Crippen LogP contribution >= 0.6 is 15.9 Å². The molecule has 2 aromatic rings. The Morgan fingerprint density at radius 2 is 1.81 bits per heavy atom. The number of halogens is 1. The van der Waals surface area contributed by atoms with Crippen molar-refractivity contribution >= 4 is 27.7 Å². The quantitative estimate of drug-likeness (QED) is 0.726. The van der Waals surface area contributed by atoms with Gasteiger partial charge in [0.1, 0.15) is 18.1 Å². The van der Waals surface area contributed by atoms with Crippen LogP contribution in [0.15, 0.2) is 45.3 Å². The lowest BCUT2D eigenvalue weighted by atomic mass is 10.2. The zero-order valence-electron chi connectivity index (χ0n) is 14.9. The molecule has 1 aromatic carbocycles. The first kappa shape index (κ1) is 18.1. The smallest absolute Gasteiger partial charge is 0.289 e. The van der Waals surface area contributed by atoms with Crippen LogP contribution in [0.2, 0.25) is 0 Å². The van der Waals surface area contributed by atoms with Crippen molar-refractivity contribution in [1.29, 1.82) is 0 Å². The van der Waals surface area contributed by atoms with Crippen molar-refractivity contribution in [3.8, 4) is 5.75 Å². The van der Waals surface area contributed by atoms with Crippen molar-refractivity contribution in [2.75, 3.05) is 26.2 Å². The summed E-state index contributed by atoms with van der Waals surface area (Å²) in [5, 5.41) is 0. The summed E-state index contributed by atoms with van der Waals surface area (Å²) in [6, 6.07) is 11.0. The second-order valence-electron chi connectivity index (χ2n) is 6.90. The second-order valence-corrected chi connectivity index (χ2v) is 7.82. The van der Waals surface area contributed by atoms with Gasteiger partial charge in [0.2, 0.25) is 5.91 Å². The van der Waals surface area contributed by atoms with E-state index in [1.165, 1.54) is 0 Å². The first-order valence-corrected chi connectivity index (χ1v) is 9.94. The summed E-state index contributed by atoms with van der Waals surface area (Å²) < 4.78 is 12.3. The lowest BCUT2D eigenvalue weighted by Gasteiger charge is -2.34. The molecule has 2 fully saturated rings. The molecule has 27 heavy (non-hydrogen) atoms. The fraction of sp³-hybridized carbons (Fsp3) is 0.400. The Morgan fingerprint density at radius 1 is 1.07 bits per heavy atom. The Hall–Kier alpha value is -2.28. The van der Waals surface area contributed by atoms with Gasteiger partial charge in [0.25, 0.3) is 5.91 Å². The van der Waals surface area contributed by atoms with E-state index >= 15 is 0 Å². The van der Waals surface area contributed by atoms with Gasteiger partial charge in [-0.15, -0.1) is 0 Å². The molecule has 2 amide bonds. The van der Waals surface area contributed by atoms with Crippen LogP contribution in [0.25, 0.3) is 0 Å². The van der Waals surface area contributed by atoms with Gasteiger partial charge in [0.15, 0.2) is 5.76 Å². The standard InChI is InChI=1S/C20H21BrN2O4/c21-15-2-1-3-16(12-15)26-13-17-6-7-18(27-17)20(25)23-10-8-22(9-11-23)19(24)14-4-5-14/h1-3,6-7,12,14H,4-5,8-11,13H2. The Bertz CT molecular complexity index is 838. The fourth-order valence-corrected chi connectivity index (χ4v) is 3.53. The molecule has 142 valence electrons. The van der Waals surface area contributed by atoms with Gasteiger partial charge >= 0.3 is 0 Å². The molecule has 1 aliphatic heterocycles. The van der Waals surface area contributed by atoms with Crippen LogP contribution in [-0.2, 0) is 11.4 Å². The topological polar surface area (TPSA) is 63.0 Å². The molecular formula is C20H21BrN2O4. The maximum atomic E-state index is 12.6. The maximum absolute atomic E-state index is 12.6. The Balaban J connectivity index is 1.30. The van der Waals surface area contributed by atoms with Crippen molar-refractivity contribution in [2.45, 2.75) is 19.4 Å². The summed E-state index contributed by atoms with van der Waals surface area (Å²) in [7, 11) is 0. The molecule has 0 unspecified atom stereocenters. The molecule has 0 N–H and O–H groups in total. The van der Waals surface area contributed by atoms with Crippen LogP contribution in [0.1, 0.15) is 29.2 Å². The van der Waals surface area contributed by atoms with Crippen LogP contribution in [0.3, 0.4) is 0 Å². The Kier molecular flexibility index (Phi) is 5.20. The average molecular weight is 433 g/mol. The number of carbonyl (C=O) groups is 2. The highest BCUT2D eigenvalue weighted by atomic mass is 79.9. The predicted molar refractivity (Wildman–Crippen MR) is 102 cm³/mol. The van der Waals surface area contributed by atoms with Crippen molar-refractivity contribution in [3.63, 3.8) is 0 Å². The molecule has 0 bridgehead atoms. The van der Waals surface area contributed by atoms with E-state index in [9.17, 15) is 9.59 Å². The van der Waals surface area contributed by atoms with Gasteiger partial charge in [0.05, 0.1) is 0 Å². The van der Waals surface area contributed by atoms with Gasteiger partial charge in [-0.05, 0) is 43.2 Å². The molecule has 2 heterocycles. The lowest BCUT2D eigenvalue weighted by molar-refractivity contribution is -0.134. The van der Waals surface area contributed by atoms with Gasteiger partial charge < -0.3 is 19.0 Å². The number of hydrogen-bond donors (Lipinski definition) is 0. The number of carbonyl (C=O) groups excluding carboxylic acids is 2. The highest BCUT2D eigenvalue weighted by Crippen LogP contribution is 2.31. The third kappa shape index (κ3) is 4.35. The van der Waals surface area contributed by atoms with E-state index < -0.39 is 0 Å². The van der Waals surface area contributed by atoms with Crippen LogP contribution in [-0.4, -0.2) is 47.8 Å². The number of furan rings is 1. The third-order valence-electron chi connectivity index (χ3n) is 4.85. The van der Waals surface area contributed by atoms with E-state index in [-0.39, 0.29) is 24.3 Å². The normalized spacial score (nSPS) is 17.1. The number of hydrogen-bond acceptors (Lipinski definition) is 4. The number of piperazine rings is 1. The van der Waals surface area contributed by atoms with Crippen molar-refractivity contribution in [1.82, 2.24) is 9.80 Å². The minimum Gasteiger partial charge on any atom is -0.486 e. The molecule has 1 saturated carbocycles. The highest BCUT2D eigenvalue weighted by Gasteiger charge is 2.35. The molecule has 1 aromatic heterocycles. The number of nitrogens with zero attached hydrogens (tertiary/aromatic N) is 2. The van der Waals surface area contributed by atoms with E-state index in [1.807, 2.05) is 29.2 Å². The van der Waals surface area contributed by atoms with Crippen molar-refractivity contribution in [2.24, 2.45) is 5.92 Å². The van der Waals surface area contributed by atoms with E-state index in [2.05, 4.69) is 15.9 Å². The molecule has 0 spiro atoms. The van der Waals surface area contributed by atoms with Gasteiger partial charge in [-0.25, -0.2) is 0 Å². The second kappa shape index (κ2) is 7.76. The largest absolute Gasteiger partial charge is 0.486 e. The highest BCUT2D eigenvalue weighted by molar-refractivity contribution is 9.10. The monoisotopic (exact) mass is 432 g/mol. The van der Waals surface area contributed by atoms with Gasteiger partial charge in [-0.3, -0.25) is 9.59 Å². The SMILES string of the molecule is O=C(c1ccc(COc2cccc(Br)c2)o1)N1CCN(C(=O)C2CC2)CC1. The van der Waals surface area contributed by atoms with Crippen LogP contribution in [0, 0.1) is 5.92 Å². The zero-order chi connectivity index (χ0) is 18.8. The molecule has 7 heteroatoms. The number of ether oxygens (including phenoxy) is 1. The van der Waals surface area contributed by atoms with Gasteiger partial charge in [-0.2, -0.15) is 0 Å². The van der Waals surface area contributed by atoms with Crippen LogP contribution in [0.5, 0.6) is 5.75 Å². The summed E-state index contributed by atoms with van der Waals surface area (Å²) in [4.78, 5) is 28.4. The van der Waals surface area contributed by atoms with Crippen molar-refractivity contribution in [3.05, 3.63) is 52.4 Å². The van der Waals surface area contributed by atoms with Crippen molar-refractivity contribution < 1.29 is 18.7 Å². The minimum atomic E-state index is -0.137. The maximum Gasteiger partial charge on any atom is 0.289 e.